The Kier molecular flexibility index (Phi) is 5.54. The van der Waals surface area contributed by atoms with Crippen LogP contribution in [-0.4, -0.2) is 42.1 Å². The number of halogens is 2. The molecule has 1 aliphatic heterocycles. The van der Waals surface area contributed by atoms with E-state index in [4.69, 9.17) is 0 Å². The molecule has 1 heterocycles. The Balaban J connectivity index is 2.05. The summed E-state index contributed by atoms with van der Waals surface area (Å²) in [5, 5.41) is 3.29. The fourth-order valence-electron chi connectivity index (χ4n) is 1.83. The molecule has 1 fully saturated rings. The number of thioether (sulfide) groups is 2. The molecule has 0 spiro atoms. The summed E-state index contributed by atoms with van der Waals surface area (Å²) in [5.41, 5.74) is -0.315. The predicted octanol–water partition coefficient (Wildman–Crippen LogP) is 3.01. The molecule has 7 heteroatoms. The Hall–Kier alpha value is -0.950. The van der Waals surface area contributed by atoms with Gasteiger partial charge in [0.05, 0.1) is 18.4 Å². The van der Waals surface area contributed by atoms with E-state index in [2.05, 4.69) is 10.1 Å². The summed E-state index contributed by atoms with van der Waals surface area (Å²) in [6, 6.07) is 2.60. The highest BCUT2D eigenvalue weighted by Crippen LogP contribution is 2.26. The normalized spacial score (nSPS) is 18.6. The highest BCUT2D eigenvalue weighted by atomic mass is 32.2. The van der Waals surface area contributed by atoms with Crippen LogP contribution < -0.4 is 5.32 Å². The van der Waals surface area contributed by atoms with Gasteiger partial charge in [-0.2, -0.15) is 23.5 Å². The van der Waals surface area contributed by atoms with E-state index in [0.717, 1.165) is 24.4 Å². The number of rotatable bonds is 4. The smallest absolute Gasteiger partial charge is 0.340 e. The van der Waals surface area contributed by atoms with Crippen LogP contribution in [0.15, 0.2) is 12.1 Å². The Morgan fingerprint density at radius 2 is 2.20 bits per heavy atom. The molecule has 1 aromatic carbocycles. The third-order valence-electron chi connectivity index (χ3n) is 2.89. The molecule has 0 bridgehead atoms. The number of esters is 1. The second kappa shape index (κ2) is 7.17. The van der Waals surface area contributed by atoms with Crippen LogP contribution in [0.3, 0.4) is 0 Å². The van der Waals surface area contributed by atoms with E-state index >= 15 is 0 Å². The topological polar surface area (TPSA) is 38.3 Å². The van der Waals surface area contributed by atoms with Gasteiger partial charge in [0.25, 0.3) is 0 Å². The number of benzene rings is 1. The third-order valence-corrected chi connectivity index (χ3v) is 5.74. The molecular formula is C13H15F2NO2S2. The summed E-state index contributed by atoms with van der Waals surface area (Å²) in [4.78, 5) is 11.2. The van der Waals surface area contributed by atoms with Crippen LogP contribution in [-0.2, 0) is 4.74 Å². The van der Waals surface area contributed by atoms with Gasteiger partial charge in [0.2, 0.25) is 0 Å². The van der Waals surface area contributed by atoms with Gasteiger partial charge in [-0.15, -0.1) is 0 Å². The van der Waals surface area contributed by atoms with Gasteiger partial charge >= 0.3 is 5.97 Å². The average molecular weight is 319 g/mol. The largest absolute Gasteiger partial charge is 0.465 e. The summed E-state index contributed by atoms with van der Waals surface area (Å²) < 4.78 is 32.0. The maximum Gasteiger partial charge on any atom is 0.340 e. The fourth-order valence-corrected chi connectivity index (χ4v) is 4.44. The molecule has 1 saturated heterocycles. The number of carbonyl (C=O) groups excluding carboxylic acids is 1. The summed E-state index contributed by atoms with van der Waals surface area (Å²) in [5.74, 6) is 0.121. The van der Waals surface area contributed by atoms with Crippen molar-refractivity contribution in [3.05, 3.63) is 29.3 Å². The minimum atomic E-state index is -1.17. The van der Waals surface area contributed by atoms with E-state index < -0.39 is 23.2 Å². The van der Waals surface area contributed by atoms with Crippen LogP contribution >= 0.6 is 23.5 Å². The fraction of sp³-hybridized carbons (Fsp3) is 0.462. The lowest BCUT2D eigenvalue weighted by molar-refractivity contribution is 0.0594. The minimum Gasteiger partial charge on any atom is -0.465 e. The molecule has 0 aliphatic carbocycles. The molecule has 1 N–H and O–H groups in total. The molecule has 110 valence electrons. The van der Waals surface area contributed by atoms with E-state index in [1.165, 1.54) is 12.1 Å². The minimum absolute atomic E-state index is 0.0753. The molecule has 1 aliphatic rings. The molecule has 3 nitrogen and oxygen atoms in total. The maximum absolute atomic E-state index is 13.9. The van der Waals surface area contributed by atoms with Gasteiger partial charge < -0.3 is 10.1 Å². The summed E-state index contributed by atoms with van der Waals surface area (Å²) >= 11 is 3.70. The maximum atomic E-state index is 13.9. The van der Waals surface area contributed by atoms with Crippen molar-refractivity contribution in [1.29, 1.82) is 0 Å². The zero-order valence-electron chi connectivity index (χ0n) is 10.9. The van der Waals surface area contributed by atoms with E-state index in [9.17, 15) is 13.6 Å². The Labute approximate surface area is 124 Å². The van der Waals surface area contributed by atoms with Crippen molar-refractivity contribution in [2.24, 2.45) is 0 Å². The molecule has 1 atom stereocenters. The van der Waals surface area contributed by atoms with Crippen LogP contribution in [0.4, 0.5) is 14.5 Å². The van der Waals surface area contributed by atoms with Crippen molar-refractivity contribution in [3.8, 4) is 0 Å². The molecular weight excluding hydrogens is 304 g/mol. The molecule has 1 unspecified atom stereocenters. The van der Waals surface area contributed by atoms with Gasteiger partial charge in [0.15, 0.2) is 11.6 Å². The van der Waals surface area contributed by atoms with E-state index in [0.29, 0.717) is 11.8 Å². The molecule has 0 saturated carbocycles. The predicted molar refractivity (Wildman–Crippen MR) is 79.8 cm³/mol. The first-order valence-electron chi connectivity index (χ1n) is 6.13. The molecule has 0 amide bonds. The van der Waals surface area contributed by atoms with Crippen LogP contribution in [0.25, 0.3) is 0 Å². The molecule has 0 radical (unpaired) electrons. The standard InChI is InChI=1S/C13H15F2NO2S2/c1-18-13(17)9-2-3-10(12(15)11(9)14)16-6-8-7-19-4-5-20-8/h2-3,8,16H,4-7H2,1H3. The number of hydrogen-bond acceptors (Lipinski definition) is 5. The lowest BCUT2D eigenvalue weighted by atomic mass is 10.2. The van der Waals surface area contributed by atoms with Crippen molar-refractivity contribution in [3.63, 3.8) is 0 Å². The first-order valence-corrected chi connectivity index (χ1v) is 8.33. The van der Waals surface area contributed by atoms with Gasteiger partial charge in [-0.3, -0.25) is 0 Å². The summed E-state index contributed by atoms with van der Waals surface area (Å²) in [6.45, 7) is 0.575. The van der Waals surface area contributed by atoms with Gasteiger partial charge in [-0.25, -0.2) is 13.6 Å². The first-order chi connectivity index (χ1) is 9.63. The van der Waals surface area contributed by atoms with Gasteiger partial charge in [0, 0.05) is 29.1 Å². The summed E-state index contributed by atoms with van der Waals surface area (Å²) in [6.07, 6.45) is 0. The second-order valence-corrected chi connectivity index (χ2v) is 6.79. The third kappa shape index (κ3) is 3.58. The zero-order valence-corrected chi connectivity index (χ0v) is 12.6. The first kappa shape index (κ1) is 15.4. The van der Waals surface area contributed by atoms with Crippen LogP contribution in [0.5, 0.6) is 0 Å². The quantitative estimate of drug-likeness (QED) is 0.864. The van der Waals surface area contributed by atoms with Crippen molar-refractivity contribution in [1.82, 2.24) is 0 Å². The summed E-state index contributed by atoms with van der Waals surface area (Å²) in [7, 11) is 1.13. The molecule has 0 aromatic heterocycles. The van der Waals surface area contributed by atoms with E-state index in [-0.39, 0.29) is 5.69 Å². The van der Waals surface area contributed by atoms with Gasteiger partial charge in [-0.1, -0.05) is 0 Å². The molecule has 20 heavy (non-hydrogen) atoms. The Bertz CT molecular complexity index is 494. The number of nitrogens with one attached hydrogen (secondary N) is 1. The van der Waals surface area contributed by atoms with Gasteiger partial charge in [0.1, 0.15) is 0 Å². The monoisotopic (exact) mass is 319 g/mol. The van der Waals surface area contributed by atoms with Crippen molar-refractivity contribution >= 4 is 35.2 Å². The van der Waals surface area contributed by atoms with Gasteiger partial charge in [-0.05, 0) is 12.1 Å². The zero-order chi connectivity index (χ0) is 14.5. The Morgan fingerprint density at radius 1 is 1.40 bits per heavy atom. The average Bonchev–Trinajstić information content (AvgIpc) is 2.49. The lowest BCUT2D eigenvalue weighted by Gasteiger charge is -2.21. The Morgan fingerprint density at radius 3 is 2.85 bits per heavy atom. The van der Waals surface area contributed by atoms with Crippen molar-refractivity contribution < 1.29 is 18.3 Å². The highest BCUT2D eigenvalue weighted by molar-refractivity contribution is 8.06. The van der Waals surface area contributed by atoms with Crippen LogP contribution in [0.2, 0.25) is 0 Å². The van der Waals surface area contributed by atoms with E-state index in [1.807, 2.05) is 23.5 Å². The van der Waals surface area contributed by atoms with Crippen LogP contribution in [0.1, 0.15) is 10.4 Å². The number of hydrogen-bond donors (Lipinski definition) is 1. The van der Waals surface area contributed by atoms with Crippen molar-refractivity contribution in [2.75, 3.05) is 36.2 Å². The lowest BCUT2D eigenvalue weighted by Crippen LogP contribution is -2.23. The number of carbonyl (C=O) groups is 1. The van der Waals surface area contributed by atoms with Crippen LogP contribution in [0, 0.1) is 11.6 Å². The number of ether oxygens (including phenoxy) is 1. The molecule has 2 rings (SSSR count). The van der Waals surface area contributed by atoms with E-state index in [1.54, 1.807) is 0 Å². The highest BCUT2D eigenvalue weighted by Gasteiger charge is 2.20. The number of anilines is 1. The number of methoxy groups -OCH3 is 1. The van der Waals surface area contributed by atoms with Crippen molar-refractivity contribution in [2.45, 2.75) is 5.25 Å². The molecule has 1 aromatic rings. The SMILES string of the molecule is COC(=O)c1ccc(NCC2CSCCS2)c(F)c1F. The second-order valence-electron chi connectivity index (χ2n) is 4.23.